The average Bonchev–Trinajstić information content (AvgIpc) is 3.35. The Balaban J connectivity index is 1.62. The first-order chi connectivity index (χ1) is 16.5. The number of hydrogen-bond donors (Lipinski definition) is 2. The number of ether oxygens (including phenoxy) is 1. The summed E-state index contributed by atoms with van der Waals surface area (Å²) in [6.45, 7) is 7.15. The van der Waals surface area contributed by atoms with Crippen molar-refractivity contribution in [3.63, 3.8) is 0 Å². The Morgan fingerprint density at radius 2 is 1.88 bits per heavy atom. The van der Waals surface area contributed by atoms with Crippen molar-refractivity contribution >= 4 is 23.6 Å². The smallest absolute Gasteiger partial charge is 0.251 e. The molecule has 2 N–H and O–H groups in total. The number of nitrogens with zero attached hydrogens (tertiary/aromatic N) is 2. The summed E-state index contributed by atoms with van der Waals surface area (Å²) >= 11 is 0. The standard InChI is InChI=1S/C28H40N4O2/c1-5-21(6-2)11-12-22(19-34-4)17-24-18-29-28(30-20(24)3)32-26-15-13-23(14-16-26)27(33)31-25-9-7-8-10-25/h13-18,21,25H,5-12,19H2,1-4H3,(H,31,33)(H,29,30,32)/b22-17+. The topological polar surface area (TPSA) is 76.1 Å². The zero-order chi connectivity index (χ0) is 24.3. The van der Waals surface area contributed by atoms with E-state index in [0.29, 0.717) is 24.2 Å². The minimum absolute atomic E-state index is 0.00209. The Labute approximate surface area is 204 Å². The molecule has 6 heteroatoms. The molecule has 1 heterocycles. The largest absolute Gasteiger partial charge is 0.380 e. The molecule has 0 unspecified atom stereocenters. The van der Waals surface area contributed by atoms with Gasteiger partial charge in [0, 0.05) is 36.2 Å². The second kappa shape index (κ2) is 13.2. The fourth-order valence-electron chi connectivity index (χ4n) is 4.53. The maximum Gasteiger partial charge on any atom is 0.251 e. The van der Waals surface area contributed by atoms with Crippen LogP contribution in [0, 0.1) is 12.8 Å². The van der Waals surface area contributed by atoms with Crippen LogP contribution in [0.4, 0.5) is 11.6 Å². The lowest BCUT2D eigenvalue weighted by Crippen LogP contribution is -2.32. The third kappa shape index (κ3) is 7.66. The van der Waals surface area contributed by atoms with E-state index < -0.39 is 0 Å². The van der Waals surface area contributed by atoms with Crippen LogP contribution in [0.1, 0.15) is 86.8 Å². The molecule has 184 valence electrons. The lowest BCUT2D eigenvalue weighted by Gasteiger charge is -2.14. The van der Waals surface area contributed by atoms with Crippen molar-refractivity contribution in [3.8, 4) is 0 Å². The molecule has 34 heavy (non-hydrogen) atoms. The number of carbonyl (C=O) groups is 1. The van der Waals surface area contributed by atoms with Crippen LogP contribution in [0.2, 0.25) is 0 Å². The van der Waals surface area contributed by atoms with Gasteiger partial charge in [-0.15, -0.1) is 0 Å². The molecule has 0 atom stereocenters. The zero-order valence-electron chi connectivity index (χ0n) is 21.2. The van der Waals surface area contributed by atoms with E-state index in [1.165, 1.54) is 37.7 Å². The number of aromatic nitrogens is 2. The van der Waals surface area contributed by atoms with Gasteiger partial charge in [0.1, 0.15) is 0 Å². The number of benzene rings is 1. The van der Waals surface area contributed by atoms with Gasteiger partial charge in [-0.25, -0.2) is 9.97 Å². The van der Waals surface area contributed by atoms with Gasteiger partial charge < -0.3 is 15.4 Å². The van der Waals surface area contributed by atoms with E-state index in [0.717, 1.165) is 42.1 Å². The van der Waals surface area contributed by atoms with Crippen molar-refractivity contribution in [2.75, 3.05) is 19.0 Å². The summed E-state index contributed by atoms with van der Waals surface area (Å²) in [7, 11) is 1.74. The minimum Gasteiger partial charge on any atom is -0.380 e. The van der Waals surface area contributed by atoms with Crippen LogP contribution in [0.25, 0.3) is 6.08 Å². The second-order valence-electron chi connectivity index (χ2n) is 9.35. The summed E-state index contributed by atoms with van der Waals surface area (Å²) in [5, 5.41) is 6.37. The van der Waals surface area contributed by atoms with Crippen LogP contribution >= 0.6 is 0 Å². The maximum atomic E-state index is 12.4. The van der Waals surface area contributed by atoms with Crippen LogP contribution in [-0.2, 0) is 4.74 Å². The number of amides is 1. The van der Waals surface area contributed by atoms with Crippen molar-refractivity contribution in [2.24, 2.45) is 5.92 Å². The summed E-state index contributed by atoms with van der Waals surface area (Å²) in [4.78, 5) is 21.6. The van der Waals surface area contributed by atoms with Crippen molar-refractivity contribution in [1.29, 1.82) is 0 Å². The molecule has 0 saturated heterocycles. The Hall–Kier alpha value is -2.73. The number of hydrogen-bond acceptors (Lipinski definition) is 5. The van der Waals surface area contributed by atoms with Crippen LogP contribution in [-0.4, -0.2) is 35.6 Å². The highest BCUT2D eigenvalue weighted by atomic mass is 16.5. The molecule has 1 amide bonds. The quantitative estimate of drug-likeness (QED) is 0.378. The van der Waals surface area contributed by atoms with Gasteiger partial charge in [-0.1, -0.05) is 45.6 Å². The highest BCUT2D eigenvalue weighted by Gasteiger charge is 2.18. The SMILES string of the molecule is CCC(CC)CC/C(=C\c1cnc(Nc2ccc(C(=O)NC3CCCC3)cc2)nc1C)COC. The van der Waals surface area contributed by atoms with Crippen LogP contribution < -0.4 is 10.6 Å². The first-order valence-corrected chi connectivity index (χ1v) is 12.7. The molecule has 1 aromatic heterocycles. The second-order valence-corrected chi connectivity index (χ2v) is 9.35. The molecule has 0 radical (unpaired) electrons. The maximum absolute atomic E-state index is 12.4. The fraction of sp³-hybridized carbons (Fsp3) is 0.536. The Morgan fingerprint density at radius 1 is 1.18 bits per heavy atom. The summed E-state index contributed by atoms with van der Waals surface area (Å²) in [5.74, 6) is 1.30. The van der Waals surface area contributed by atoms with Crippen molar-refractivity contribution in [1.82, 2.24) is 15.3 Å². The zero-order valence-corrected chi connectivity index (χ0v) is 21.2. The van der Waals surface area contributed by atoms with Gasteiger partial charge in [-0.05, 0) is 68.4 Å². The third-order valence-corrected chi connectivity index (χ3v) is 6.83. The first-order valence-electron chi connectivity index (χ1n) is 12.7. The number of aryl methyl sites for hydroxylation is 1. The van der Waals surface area contributed by atoms with Gasteiger partial charge in [-0.2, -0.15) is 0 Å². The number of methoxy groups -OCH3 is 1. The number of rotatable bonds is 12. The average molecular weight is 465 g/mol. The summed E-state index contributed by atoms with van der Waals surface area (Å²) in [6, 6.07) is 7.79. The molecule has 1 fully saturated rings. The number of carbonyl (C=O) groups excluding carboxylic acids is 1. The molecule has 1 aliphatic carbocycles. The van der Waals surface area contributed by atoms with Gasteiger partial charge in [-0.3, -0.25) is 4.79 Å². The van der Waals surface area contributed by atoms with E-state index in [2.05, 4.69) is 40.5 Å². The molecule has 0 spiro atoms. The van der Waals surface area contributed by atoms with Crippen molar-refractivity contribution in [2.45, 2.75) is 78.2 Å². The molecule has 3 rings (SSSR count). The number of nitrogens with one attached hydrogen (secondary N) is 2. The highest BCUT2D eigenvalue weighted by Crippen LogP contribution is 2.22. The van der Waals surface area contributed by atoms with Crippen molar-refractivity contribution in [3.05, 3.63) is 52.9 Å². The Bertz CT molecular complexity index is 945. The highest BCUT2D eigenvalue weighted by molar-refractivity contribution is 5.94. The Kier molecular flexibility index (Phi) is 10.1. The molecule has 0 bridgehead atoms. The molecule has 1 saturated carbocycles. The fourth-order valence-corrected chi connectivity index (χ4v) is 4.53. The predicted molar refractivity (Wildman–Crippen MR) is 139 cm³/mol. The third-order valence-electron chi connectivity index (χ3n) is 6.83. The van der Waals surface area contributed by atoms with Gasteiger partial charge in [0.05, 0.1) is 12.3 Å². The van der Waals surface area contributed by atoms with Gasteiger partial charge in [0.25, 0.3) is 5.91 Å². The number of anilines is 2. The van der Waals surface area contributed by atoms with Gasteiger partial charge >= 0.3 is 0 Å². The minimum atomic E-state index is -0.00209. The molecular formula is C28H40N4O2. The summed E-state index contributed by atoms with van der Waals surface area (Å²) < 4.78 is 5.43. The summed E-state index contributed by atoms with van der Waals surface area (Å²) in [5.41, 5.74) is 4.73. The summed E-state index contributed by atoms with van der Waals surface area (Å²) in [6.07, 6.45) is 13.2. The van der Waals surface area contributed by atoms with Gasteiger partial charge in [0.15, 0.2) is 0 Å². The van der Waals surface area contributed by atoms with Crippen molar-refractivity contribution < 1.29 is 9.53 Å². The van der Waals surface area contributed by atoms with E-state index in [-0.39, 0.29) is 5.91 Å². The van der Waals surface area contributed by atoms with E-state index in [4.69, 9.17) is 4.74 Å². The molecule has 2 aromatic rings. The van der Waals surface area contributed by atoms with E-state index in [9.17, 15) is 4.79 Å². The molecule has 1 aliphatic rings. The molecule has 1 aromatic carbocycles. The normalized spacial score (nSPS) is 14.6. The Morgan fingerprint density at radius 3 is 2.50 bits per heavy atom. The molecule has 6 nitrogen and oxygen atoms in total. The van der Waals surface area contributed by atoms with Crippen LogP contribution in [0.15, 0.2) is 36.0 Å². The van der Waals surface area contributed by atoms with E-state index in [1.54, 1.807) is 7.11 Å². The van der Waals surface area contributed by atoms with Gasteiger partial charge in [0.2, 0.25) is 5.95 Å². The van der Waals surface area contributed by atoms with E-state index >= 15 is 0 Å². The first kappa shape index (κ1) is 25.9. The van der Waals surface area contributed by atoms with Crippen LogP contribution in [0.5, 0.6) is 0 Å². The molecular weight excluding hydrogens is 424 g/mol. The molecule has 0 aliphatic heterocycles. The lowest BCUT2D eigenvalue weighted by molar-refractivity contribution is 0.0938. The van der Waals surface area contributed by atoms with E-state index in [1.807, 2.05) is 37.4 Å². The van der Waals surface area contributed by atoms with Crippen LogP contribution in [0.3, 0.4) is 0 Å². The lowest BCUT2D eigenvalue weighted by atomic mass is 9.94. The predicted octanol–water partition coefficient (Wildman–Crippen LogP) is 6.45. The monoisotopic (exact) mass is 464 g/mol.